The zero-order valence-corrected chi connectivity index (χ0v) is 12.5. The fraction of sp³-hybridized carbons (Fsp3) is 0.588. The Bertz CT molecular complexity index is 493. The number of benzene rings is 1. The minimum absolute atomic E-state index is 0.230. The van der Waals surface area contributed by atoms with Crippen LogP contribution < -0.4 is 9.47 Å². The third-order valence-electron chi connectivity index (χ3n) is 4.17. The summed E-state index contributed by atoms with van der Waals surface area (Å²) in [6.07, 6.45) is 6.52. The molecule has 1 amide bonds. The van der Waals surface area contributed by atoms with Crippen LogP contribution in [0.25, 0.3) is 0 Å². The summed E-state index contributed by atoms with van der Waals surface area (Å²) in [5, 5.41) is 0. The molecule has 0 saturated carbocycles. The predicted octanol–water partition coefficient (Wildman–Crippen LogP) is 2.79. The van der Waals surface area contributed by atoms with E-state index in [2.05, 4.69) is 0 Å². The molecular formula is C17H23NO3. The molecule has 0 atom stereocenters. The number of hydrogen-bond acceptors (Lipinski definition) is 3. The highest BCUT2D eigenvalue weighted by Gasteiger charge is 2.17. The van der Waals surface area contributed by atoms with Crippen molar-refractivity contribution in [2.75, 3.05) is 26.3 Å². The highest BCUT2D eigenvalue weighted by Crippen LogP contribution is 2.31. The van der Waals surface area contributed by atoms with E-state index in [1.807, 2.05) is 23.1 Å². The maximum atomic E-state index is 12.5. The lowest BCUT2D eigenvalue weighted by Crippen LogP contribution is -2.34. The van der Waals surface area contributed by atoms with E-state index in [0.29, 0.717) is 19.6 Å². The molecule has 2 heterocycles. The van der Waals surface area contributed by atoms with Crippen LogP contribution in [0.3, 0.4) is 0 Å². The summed E-state index contributed by atoms with van der Waals surface area (Å²) in [6.45, 7) is 2.99. The zero-order chi connectivity index (χ0) is 14.5. The van der Waals surface area contributed by atoms with Crippen LogP contribution in [0, 0.1) is 0 Å². The molecule has 0 spiro atoms. The molecule has 21 heavy (non-hydrogen) atoms. The third kappa shape index (κ3) is 3.69. The molecular weight excluding hydrogens is 266 g/mol. The van der Waals surface area contributed by atoms with Gasteiger partial charge < -0.3 is 14.4 Å². The van der Waals surface area contributed by atoms with E-state index in [0.717, 1.165) is 43.0 Å². The molecule has 3 rings (SSSR count). The fourth-order valence-corrected chi connectivity index (χ4v) is 2.98. The molecule has 0 unspecified atom stereocenters. The van der Waals surface area contributed by atoms with E-state index in [-0.39, 0.29) is 5.91 Å². The van der Waals surface area contributed by atoms with Crippen molar-refractivity contribution in [3.05, 3.63) is 23.8 Å². The van der Waals surface area contributed by atoms with E-state index >= 15 is 0 Å². The average Bonchev–Trinajstić information content (AvgIpc) is 2.46. The number of carbonyl (C=O) groups is 1. The Morgan fingerprint density at radius 3 is 2.38 bits per heavy atom. The first kappa shape index (κ1) is 14.2. The number of fused-ring (bicyclic) bond motifs is 1. The molecule has 4 nitrogen and oxygen atoms in total. The van der Waals surface area contributed by atoms with Gasteiger partial charge in [0.25, 0.3) is 0 Å². The molecule has 2 aliphatic heterocycles. The van der Waals surface area contributed by atoms with Gasteiger partial charge in [0, 0.05) is 13.1 Å². The summed E-state index contributed by atoms with van der Waals surface area (Å²) in [7, 11) is 0. The number of amides is 1. The van der Waals surface area contributed by atoms with Crippen molar-refractivity contribution in [3.8, 4) is 11.5 Å². The van der Waals surface area contributed by atoms with Gasteiger partial charge in [-0.1, -0.05) is 25.3 Å². The Morgan fingerprint density at radius 2 is 1.62 bits per heavy atom. The van der Waals surface area contributed by atoms with Gasteiger partial charge in [-0.15, -0.1) is 0 Å². The Balaban J connectivity index is 1.63. The Hall–Kier alpha value is -1.71. The number of nitrogens with zero attached hydrogens (tertiary/aromatic N) is 1. The molecule has 4 heteroatoms. The first-order valence-electron chi connectivity index (χ1n) is 7.99. The second-order valence-corrected chi connectivity index (χ2v) is 5.80. The SMILES string of the molecule is O=C(Cc1ccc2c(c1)OCCO2)N1CCCCCCC1. The second-order valence-electron chi connectivity index (χ2n) is 5.80. The average molecular weight is 289 g/mol. The van der Waals surface area contributed by atoms with E-state index in [9.17, 15) is 4.79 Å². The van der Waals surface area contributed by atoms with Crippen molar-refractivity contribution < 1.29 is 14.3 Å². The lowest BCUT2D eigenvalue weighted by Gasteiger charge is -2.25. The van der Waals surface area contributed by atoms with Crippen molar-refractivity contribution >= 4 is 5.91 Å². The Labute approximate surface area is 126 Å². The van der Waals surface area contributed by atoms with Gasteiger partial charge in [0.2, 0.25) is 5.91 Å². The molecule has 1 fully saturated rings. The van der Waals surface area contributed by atoms with Crippen molar-refractivity contribution in [2.24, 2.45) is 0 Å². The summed E-state index contributed by atoms with van der Waals surface area (Å²) >= 11 is 0. The van der Waals surface area contributed by atoms with Crippen LogP contribution in [0.4, 0.5) is 0 Å². The maximum absolute atomic E-state index is 12.5. The van der Waals surface area contributed by atoms with Gasteiger partial charge in [0.05, 0.1) is 6.42 Å². The van der Waals surface area contributed by atoms with Crippen LogP contribution in [0.15, 0.2) is 18.2 Å². The van der Waals surface area contributed by atoms with Gasteiger partial charge >= 0.3 is 0 Å². The molecule has 2 aliphatic rings. The largest absolute Gasteiger partial charge is 0.486 e. The molecule has 0 N–H and O–H groups in total. The summed E-state index contributed by atoms with van der Waals surface area (Å²) in [6, 6.07) is 5.82. The minimum Gasteiger partial charge on any atom is -0.486 e. The van der Waals surface area contributed by atoms with Gasteiger partial charge in [-0.3, -0.25) is 4.79 Å². The van der Waals surface area contributed by atoms with Gasteiger partial charge in [0.15, 0.2) is 11.5 Å². The lowest BCUT2D eigenvalue weighted by atomic mass is 10.1. The number of ether oxygens (including phenoxy) is 2. The highest BCUT2D eigenvalue weighted by atomic mass is 16.6. The van der Waals surface area contributed by atoms with Crippen molar-refractivity contribution in [3.63, 3.8) is 0 Å². The van der Waals surface area contributed by atoms with Crippen LogP contribution in [-0.2, 0) is 11.2 Å². The Morgan fingerprint density at radius 1 is 0.952 bits per heavy atom. The maximum Gasteiger partial charge on any atom is 0.226 e. The van der Waals surface area contributed by atoms with Crippen LogP contribution in [-0.4, -0.2) is 37.1 Å². The van der Waals surface area contributed by atoms with Crippen molar-refractivity contribution in [1.82, 2.24) is 4.90 Å². The van der Waals surface area contributed by atoms with E-state index in [1.54, 1.807) is 0 Å². The van der Waals surface area contributed by atoms with E-state index < -0.39 is 0 Å². The summed E-state index contributed by atoms with van der Waals surface area (Å²) < 4.78 is 11.1. The normalized spacial score (nSPS) is 18.8. The fourth-order valence-electron chi connectivity index (χ4n) is 2.98. The molecule has 0 aromatic heterocycles. The summed E-state index contributed by atoms with van der Waals surface area (Å²) in [5.41, 5.74) is 1.01. The summed E-state index contributed by atoms with van der Waals surface area (Å²) in [5.74, 6) is 1.77. The van der Waals surface area contributed by atoms with Crippen LogP contribution >= 0.6 is 0 Å². The molecule has 1 aromatic rings. The smallest absolute Gasteiger partial charge is 0.226 e. The third-order valence-corrected chi connectivity index (χ3v) is 4.17. The number of carbonyl (C=O) groups excluding carboxylic acids is 1. The monoisotopic (exact) mass is 289 g/mol. The molecule has 0 radical (unpaired) electrons. The van der Waals surface area contributed by atoms with Crippen molar-refractivity contribution in [2.45, 2.75) is 38.5 Å². The molecule has 1 aromatic carbocycles. The predicted molar refractivity (Wildman–Crippen MR) is 80.8 cm³/mol. The van der Waals surface area contributed by atoms with Crippen molar-refractivity contribution in [1.29, 1.82) is 0 Å². The van der Waals surface area contributed by atoms with E-state index in [1.165, 1.54) is 19.3 Å². The Kier molecular flexibility index (Phi) is 4.63. The minimum atomic E-state index is 0.230. The van der Waals surface area contributed by atoms with E-state index in [4.69, 9.17) is 9.47 Å². The standard InChI is InChI=1S/C17H23NO3/c19-17(18-8-4-2-1-3-5-9-18)13-14-6-7-15-16(12-14)21-11-10-20-15/h6-7,12H,1-5,8-11,13H2. The molecule has 114 valence electrons. The zero-order valence-electron chi connectivity index (χ0n) is 12.5. The molecule has 1 saturated heterocycles. The summed E-state index contributed by atoms with van der Waals surface area (Å²) in [4.78, 5) is 14.5. The van der Waals surface area contributed by atoms with Gasteiger partial charge in [-0.2, -0.15) is 0 Å². The van der Waals surface area contributed by atoms with Gasteiger partial charge in [0.1, 0.15) is 13.2 Å². The van der Waals surface area contributed by atoms with Crippen LogP contribution in [0.2, 0.25) is 0 Å². The first-order chi connectivity index (χ1) is 10.3. The lowest BCUT2D eigenvalue weighted by molar-refractivity contribution is -0.130. The number of likely N-dealkylation sites (tertiary alicyclic amines) is 1. The van der Waals surface area contributed by atoms with Gasteiger partial charge in [-0.05, 0) is 30.5 Å². The molecule has 0 bridgehead atoms. The van der Waals surface area contributed by atoms with Crippen LogP contribution in [0.1, 0.15) is 37.7 Å². The molecule has 0 aliphatic carbocycles. The topological polar surface area (TPSA) is 38.8 Å². The quantitative estimate of drug-likeness (QED) is 0.840. The van der Waals surface area contributed by atoms with Gasteiger partial charge in [-0.25, -0.2) is 0 Å². The van der Waals surface area contributed by atoms with Crippen LogP contribution in [0.5, 0.6) is 11.5 Å². The highest BCUT2D eigenvalue weighted by molar-refractivity contribution is 5.79. The number of hydrogen-bond donors (Lipinski definition) is 0. The second kappa shape index (κ2) is 6.83. The number of rotatable bonds is 2. The first-order valence-corrected chi connectivity index (χ1v) is 7.99.